The number of pyridine rings is 1. The van der Waals surface area contributed by atoms with Gasteiger partial charge in [0.05, 0.1) is 11.5 Å². The van der Waals surface area contributed by atoms with Crippen molar-refractivity contribution < 1.29 is 31.9 Å². The van der Waals surface area contributed by atoms with Crippen molar-refractivity contribution >= 4 is 38.9 Å². The molecule has 1 saturated heterocycles. The summed E-state index contributed by atoms with van der Waals surface area (Å²) in [4.78, 5) is 33.6. The van der Waals surface area contributed by atoms with Crippen LogP contribution in [0.1, 0.15) is 54.9 Å². The summed E-state index contributed by atoms with van der Waals surface area (Å²) >= 11 is 0. The van der Waals surface area contributed by atoms with Gasteiger partial charge in [-0.15, -0.1) is 0 Å². The van der Waals surface area contributed by atoms with Crippen LogP contribution in [-0.2, 0) is 32.5 Å². The maximum Gasteiger partial charge on any atom is 0.410 e. The second kappa shape index (κ2) is 14.1. The summed E-state index contributed by atoms with van der Waals surface area (Å²) < 4.78 is 46.7. The topological polar surface area (TPSA) is 122 Å². The van der Waals surface area contributed by atoms with E-state index in [1.165, 1.54) is 10.4 Å². The molecule has 0 spiro atoms. The zero-order valence-electron chi connectivity index (χ0n) is 27.6. The van der Waals surface area contributed by atoms with Gasteiger partial charge in [-0.2, -0.15) is 4.31 Å². The number of aryl methyl sites for hydroxylation is 1. The van der Waals surface area contributed by atoms with Crippen molar-refractivity contribution in [2.75, 3.05) is 44.2 Å². The Bertz CT molecular complexity index is 1830. The molecule has 2 aromatic carbocycles. The minimum atomic E-state index is -4.02. The number of hydrogen-bond acceptors (Lipinski definition) is 9. The Balaban J connectivity index is 1.43. The number of ether oxygens (including phenoxy) is 2. The molecule has 3 heterocycles. The number of furan rings is 1. The van der Waals surface area contributed by atoms with Gasteiger partial charge in [0.2, 0.25) is 15.8 Å². The summed E-state index contributed by atoms with van der Waals surface area (Å²) in [5.74, 6) is 0.145. The van der Waals surface area contributed by atoms with Crippen molar-refractivity contribution in [3.05, 3.63) is 89.3 Å². The van der Waals surface area contributed by atoms with Crippen LogP contribution in [0.25, 0.3) is 11.0 Å². The first-order valence-electron chi connectivity index (χ1n) is 15.8. The van der Waals surface area contributed by atoms with Gasteiger partial charge in [0, 0.05) is 62.0 Å². The fraction of sp³-hybridized carbons (Fsp3) is 0.400. The van der Waals surface area contributed by atoms with Crippen molar-refractivity contribution in [3.63, 3.8) is 0 Å². The van der Waals surface area contributed by atoms with Crippen LogP contribution in [0.2, 0.25) is 0 Å². The molecule has 1 amide bonds. The molecule has 2 aromatic heterocycles. The fourth-order valence-corrected chi connectivity index (χ4v) is 6.98. The van der Waals surface area contributed by atoms with Crippen molar-refractivity contribution in [1.29, 1.82) is 0 Å². The SMILES string of the molecule is CCOC(=O)c1oc2ccc(S(=O)(=O)N(CCc3ccccc3)Cc3cccnc3N3CCN(C(=O)OC(C)(C)C)CC3)cc2c1C. The number of amides is 1. The van der Waals surface area contributed by atoms with E-state index < -0.39 is 21.6 Å². The lowest BCUT2D eigenvalue weighted by Crippen LogP contribution is -2.50. The van der Waals surface area contributed by atoms with Gasteiger partial charge in [-0.1, -0.05) is 36.4 Å². The van der Waals surface area contributed by atoms with Crippen LogP contribution in [0.5, 0.6) is 0 Å². The predicted octanol–water partition coefficient (Wildman–Crippen LogP) is 5.80. The van der Waals surface area contributed by atoms with Crippen LogP contribution in [0, 0.1) is 6.92 Å². The van der Waals surface area contributed by atoms with E-state index in [1.54, 1.807) is 43.1 Å². The van der Waals surface area contributed by atoms with Crippen molar-refractivity contribution in [2.24, 2.45) is 0 Å². The third-order valence-corrected chi connectivity index (χ3v) is 9.79. The Hall–Kier alpha value is -4.42. The summed E-state index contributed by atoms with van der Waals surface area (Å²) in [5.41, 5.74) is 2.10. The number of esters is 1. The minimum absolute atomic E-state index is 0.0594. The molecule has 47 heavy (non-hydrogen) atoms. The first-order chi connectivity index (χ1) is 22.4. The smallest absolute Gasteiger partial charge is 0.410 e. The second-order valence-corrected chi connectivity index (χ2v) is 14.4. The number of carbonyl (C=O) groups is 2. The summed E-state index contributed by atoms with van der Waals surface area (Å²) in [6.07, 6.45) is 1.85. The molecule has 11 nitrogen and oxygen atoms in total. The highest BCUT2D eigenvalue weighted by Crippen LogP contribution is 2.31. The van der Waals surface area contributed by atoms with Crippen LogP contribution in [0.4, 0.5) is 10.6 Å². The second-order valence-electron chi connectivity index (χ2n) is 12.4. The van der Waals surface area contributed by atoms with Gasteiger partial charge >= 0.3 is 12.1 Å². The molecule has 1 fully saturated rings. The van der Waals surface area contributed by atoms with E-state index >= 15 is 0 Å². The molecule has 0 radical (unpaired) electrons. The van der Waals surface area contributed by atoms with E-state index in [9.17, 15) is 18.0 Å². The molecule has 0 aliphatic carbocycles. The van der Waals surface area contributed by atoms with Gasteiger partial charge in [0.15, 0.2) is 0 Å². The number of sulfonamides is 1. The van der Waals surface area contributed by atoms with E-state index in [0.717, 1.165) is 11.1 Å². The van der Waals surface area contributed by atoms with Crippen LogP contribution < -0.4 is 4.90 Å². The molecule has 1 aliphatic rings. The maximum atomic E-state index is 14.4. The lowest BCUT2D eigenvalue weighted by atomic mass is 10.1. The monoisotopic (exact) mass is 662 g/mol. The molecule has 250 valence electrons. The van der Waals surface area contributed by atoms with E-state index in [4.69, 9.17) is 13.9 Å². The minimum Gasteiger partial charge on any atom is -0.460 e. The van der Waals surface area contributed by atoms with Gasteiger partial charge in [-0.05, 0) is 70.9 Å². The molecule has 0 N–H and O–H groups in total. The Kier molecular flexibility index (Phi) is 10.2. The average Bonchev–Trinajstić information content (AvgIpc) is 3.38. The van der Waals surface area contributed by atoms with E-state index in [2.05, 4.69) is 9.88 Å². The van der Waals surface area contributed by atoms with E-state index in [1.807, 2.05) is 57.2 Å². The van der Waals surface area contributed by atoms with Crippen LogP contribution >= 0.6 is 0 Å². The number of carbonyl (C=O) groups excluding carboxylic acids is 2. The quantitative estimate of drug-likeness (QED) is 0.194. The maximum absolute atomic E-state index is 14.4. The number of benzene rings is 2. The number of piperazine rings is 1. The molecule has 0 saturated carbocycles. The van der Waals surface area contributed by atoms with Gasteiger partial charge in [0.25, 0.3) is 0 Å². The Morgan fingerprint density at radius 2 is 1.72 bits per heavy atom. The first kappa shape index (κ1) is 33.9. The molecule has 12 heteroatoms. The largest absolute Gasteiger partial charge is 0.460 e. The highest BCUT2D eigenvalue weighted by molar-refractivity contribution is 7.89. The fourth-order valence-electron chi connectivity index (χ4n) is 5.54. The third kappa shape index (κ3) is 7.94. The molecule has 0 bridgehead atoms. The van der Waals surface area contributed by atoms with Crippen molar-refractivity contribution in [3.8, 4) is 0 Å². The number of anilines is 1. The number of fused-ring (bicyclic) bond motifs is 1. The number of hydrogen-bond donors (Lipinski definition) is 0. The van der Waals surface area contributed by atoms with Crippen molar-refractivity contribution in [2.45, 2.75) is 58.1 Å². The third-order valence-electron chi connectivity index (χ3n) is 7.94. The zero-order chi connectivity index (χ0) is 33.8. The standard InChI is InChI=1S/C35H42N4O7S/c1-6-44-33(40)31-25(2)29-23-28(14-15-30(29)45-31)47(42,43)39(18-16-26-11-8-7-9-12-26)24-27-13-10-17-36-32(27)37-19-21-38(22-20-37)34(41)46-35(3,4)5/h7-15,17,23H,6,16,18-22,24H2,1-5H3. The normalized spacial score (nSPS) is 14.1. The lowest BCUT2D eigenvalue weighted by Gasteiger charge is -2.37. The summed E-state index contributed by atoms with van der Waals surface area (Å²) in [5, 5.41) is 0.530. The Labute approximate surface area is 276 Å². The number of aromatic nitrogens is 1. The first-order valence-corrected chi connectivity index (χ1v) is 17.2. The number of nitrogens with zero attached hydrogens (tertiary/aromatic N) is 4. The summed E-state index contributed by atoms with van der Waals surface area (Å²) in [6, 6.07) is 18.1. The van der Waals surface area contributed by atoms with Gasteiger partial charge in [0.1, 0.15) is 17.0 Å². The van der Waals surface area contributed by atoms with Gasteiger partial charge in [-0.3, -0.25) is 0 Å². The summed E-state index contributed by atoms with van der Waals surface area (Å²) in [6.45, 7) is 11.4. The highest BCUT2D eigenvalue weighted by atomic mass is 32.2. The molecule has 1 aliphatic heterocycles. The lowest BCUT2D eigenvalue weighted by molar-refractivity contribution is 0.0240. The van der Waals surface area contributed by atoms with Crippen molar-refractivity contribution in [1.82, 2.24) is 14.2 Å². The van der Waals surface area contributed by atoms with Gasteiger partial charge in [-0.25, -0.2) is 23.0 Å². The molecular weight excluding hydrogens is 620 g/mol. The van der Waals surface area contributed by atoms with E-state index in [-0.39, 0.29) is 36.4 Å². The Morgan fingerprint density at radius 3 is 2.40 bits per heavy atom. The molecule has 0 unspecified atom stereocenters. The number of rotatable bonds is 10. The predicted molar refractivity (Wildman–Crippen MR) is 179 cm³/mol. The highest BCUT2D eigenvalue weighted by Gasteiger charge is 2.30. The Morgan fingerprint density at radius 1 is 1.00 bits per heavy atom. The molecule has 5 rings (SSSR count). The van der Waals surface area contributed by atoms with Crippen LogP contribution in [0.15, 0.2) is 76.2 Å². The summed E-state index contributed by atoms with van der Waals surface area (Å²) in [7, 11) is -4.02. The molecule has 4 aromatic rings. The average molecular weight is 663 g/mol. The van der Waals surface area contributed by atoms with Crippen LogP contribution in [0.3, 0.4) is 0 Å². The van der Waals surface area contributed by atoms with E-state index in [0.29, 0.717) is 55.0 Å². The van der Waals surface area contributed by atoms with Crippen LogP contribution in [-0.4, -0.2) is 79.6 Å². The van der Waals surface area contributed by atoms with Gasteiger partial charge < -0.3 is 23.7 Å². The molecule has 0 atom stereocenters. The zero-order valence-corrected chi connectivity index (χ0v) is 28.4. The molecular formula is C35H42N4O7S.